The monoisotopic (exact) mass is 384 g/mol. The maximum atomic E-state index is 12.3. The molecule has 2 aromatic carbocycles. The summed E-state index contributed by atoms with van der Waals surface area (Å²) in [5.41, 5.74) is 2.45. The lowest BCUT2D eigenvalue weighted by Gasteiger charge is -2.15. The first-order valence-corrected chi connectivity index (χ1v) is 9.06. The zero-order valence-electron chi connectivity index (χ0n) is 15.7. The van der Waals surface area contributed by atoms with Crippen molar-refractivity contribution in [2.75, 3.05) is 10.6 Å². The van der Waals surface area contributed by atoms with E-state index in [0.29, 0.717) is 17.5 Å². The third kappa shape index (κ3) is 5.39. The SMILES string of the molecule is CC[C@H](C)Nc1nc(Nc2ccc(OC(F)F)cc2)cc(-c2ccccc2)n1. The molecule has 3 aromatic rings. The van der Waals surface area contributed by atoms with Crippen LogP contribution in [0.15, 0.2) is 60.7 Å². The fourth-order valence-electron chi connectivity index (χ4n) is 2.52. The van der Waals surface area contributed by atoms with Crippen molar-refractivity contribution in [2.45, 2.75) is 32.9 Å². The Bertz CT molecular complexity index is 889. The van der Waals surface area contributed by atoms with Gasteiger partial charge in [-0.2, -0.15) is 13.8 Å². The highest BCUT2D eigenvalue weighted by atomic mass is 19.3. The Labute approximate surface area is 162 Å². The number of rotatable bonds is 8. The van der Waals surface area contributed by atoms with Crippen molar-refractivity contribution in [3.8, 4) is 17.0 Å². The van der Waals surface area contributed by atoms with Crippen molar-refractivity contribution in [2.24, 2.45) is 0 Å². The number of anilines is 3. The van der Waals surface area contributed by atoms with Gasteiger partial charge < -0.3 is 15.4 Å². The van der Waals surface area contributed by atoms with Gasteiger partial charge in [0.1, 0.15) is 11.6 Å². The maximum Gasteiger partial charge on any atom is 0.387 e. The molecule has 0 aliphatic carbocycles. The summed E-state index contributed by atoms with van der Waals surface area (Å²) in [6.45, 7) is 1.30. The predicted molar refractivity (Wildman–Crippen MR) is 107 cm³/mol. The molecule has 0 spiro atoms. The second kappa shape index (κ2) is 9.12. The summed E-state index contributed by atoms with van der Waals surface area (Å²) in [7, 11) is 0. The van der Waals surface area contributed by atoms with Crippen LogP contribution in [0, 0.1) is 0 Å². The first-order chi connectivity index (χ1) is 13.5. The van der Waals surface area contributed by atoms with Crippen LogP contribution in [-0.4, -0.2) is 22.6 Å². The molecule has 0 amide bonds. The van der Waals surface area contributed by atoms with Crippen LogP contribution in [0.1, 0.15) is 20.3 Å². The number of halogens is 2. The molecule has 146 valence electrons. The van der Waals surface area contributed by atoms with Crippen molar-refractivity contribution in [1.82, 2.24) is 9.97 Å². The molecule has 0 unspecified atom stereocenters. The topological polar surface area (TPSA) is 59.1 Å². The Morgan fingerprint density at radius 1 is 1.00 bits per heavy atom. The molecule has 0 aliphatic heterocycles. The van der Waals surface area contributed by atoms with Gasteiger partial charge >= 0.3 is 6.61 Å². The predicted octanol–water partition coefficient (Wildman–Crippen LogP) is 5.70. The van der Waals surface area contributed by atoms with Crippen molar-refractivity contribution >= 4 is 17.5 Å². The molecule has 0 saturated heterocycles. The number of aromatic nitrogens is 2. The first kappa shape index (κ1) is 19.5. The summed E-state index contributed by atoms with van der Waals surface area (Å²) < 4.78 is 29.0. The average molecular weight is 384 g/mol. The van der Waals surface area contributed by atoms with E-state index in [1.165, 1.54) is 12.1 Å². The number of alkyl halides is 2. The molecule has 0 aliphatic rings. The molecule has 1 atom stereocenters. The van der Waals surface area contributed by atoms with Crippen LogP contribution < -0.4 is 15.4 Å². The van der Waals surface area contributed by atoms with E-state index in [0.717, 1.165) is 17.7 Å². The van der Waals surface area contributed by atoms with Crippen LogP contribution in [-0.2, 0) is 0 Å². The Morgan fingerprint density at radius 2 is 1.71 bits per heavy atom. The summed E-state index contributed by atoms with van der Waals surface area (Å²) in [4.78, 5) is 9.14. The van der Waals surface area contributed by atoms with Gasteiger partial charge in [-0.05, 0) is 37.6 Å². The molecule has 0 saturated carbocycles. The van der Waals surface area contributed by atoms with Crippen molar-refractivity contribution in [3.05, 3.63) is 60.7 Å². The minimum atomic E-state index is -2.84. The number of ether oxygens (including phenoxy) is 1. The zero-order valence-corrected chi connectivity index (χ0v) is 15.7. The fraction of sp³-hybridized carbons (Fsp3) is 0.238. The largest absolute Gasteiger partial charge is 0.435 e. The molecule has 3 rings (SSSR count). The molecule has 0 radical (unpaired) electrons. The molecule has 1 aromatic heterocycles. The summed E-state index contributed by atoms with van der Waals surface area (Å²) in [6, 6.07) is 18.2. The van der Waals surface area contributed by atoms with E-state index in [4.69, 9.17) is 0 Å². The lowest BCUT2D eigenvalue weighted by Crippen LogP contribution is -2.16. The molecular formula is C21H22F2N4O. The number of hydrogen-bond donors (Lipinski definition) is 2. The molecule has 28 heavy (non-hydrogen) atoms. The van der Waals surface area contributed by atoms with Crippen LogP contribution in [0.5, 0.6) is 5.75 Å². The summed E-state index contributed by atoms with van der Waals surface area (Å²) >= 11 is 0. The van der Waals surface area contributed by atoms with E-state index in [9.17, 15) is 8.78 Å². The molecule has 0 fully saturated rings. The highest BCUT2D eigenvalue weighted by Crippen LogP contribution is 2.25. The van der Waals surface area contributed by atoms with E-state index in [1.54, 1.807) is 12.1 Å². The molecule has 7 heteroatoms. The van der Waals surface area contributed by atoms with Crippen LogP contribution in [0.3, 0.4) is 0 Å². The molecular weight excluding hydrogens is 362 g/mol. The van der Waals surface area contributed by atoms with Crippen molar-refractivity contribution in [1.29, 1.82) is 0 Å². The van der Waals surface area contributed by atoms with Gasteiger partial charge in [0, 0.05) is 23.4 Å². The highest BCUT2D eigenvalue weighted by molar-refractivity contribution is 5.67. The van der Waals surface area contributed by atoms with Crippen LogP contribution in [0.4, 0.5) is 26.2 Å². The van der Waals surface area contributed by atoms with E-state index in [1.807, 2.05) is 36.4 Å². The normalized spacial score (nSPS) is 11.9. The minimum Gasteiger partial charge on any atom is -0.435 e. The summed E-state index contributed by atoms with van der Waals surface area (Å²) in [6.07, 6.45) is 0.938. The molecule has 2 N–H and O–H groups in total. The lowest BCUT2D eigenvalue weighted by molar-refractivity contribution is -0.0498. The van der Waals surface area contributed by atoms with Crippen LogP contribution in [0.25, 0.3) is 11.3 Å². The smallest absolute Gasteiger partial charge is 0.387 e. The molecule has 0 bridgehead atoms. The van der Waals surface area contributed by atoms with Crippen molar-refractivity contribution in [3.63, 3.8) is 0 Å². The number of nitrogens with zero attached hydrogens (tertiary/aromatic N) is 2. The van der Waals surface area contributed by atoms with Gasteiger partial charge in [0.05, 0.1) is 5.69 Å². The number of hydrogen-bond acceptors (Lipinski definition) is 5. The quantitative estimate of drug-likeness (QED) is 0.522. The van der Waals surface area contributed by atoms with Crippen LogP contribution >= 0.6 is 0 Å². The highest BCUT2D eigenvalue weighted by Gasteiger charge is 2.10. The Balaban J connectivity index is 1.87. The lowest BCUT2D eigenvalue weighted by atomic mass is 10.1. The second-order valence-corrected chi connectivity index (χ2v) is 6.31. The van der Waals surface area contributed by atoms with Gasteiger partial charge in [-0.25, -0.2) is 4.98 Å². The van der Waals surface area contributed by atoms with Gasteiger partial charge in [0.25, 0.3) is 0 Å². The minimum absolute atomic E-state index is 0.104. The van der Waals surface area contributed by atoms with E-state index < -0.39 is 6.61 Å². The average Bonchev–Trinajstić information content (AvgIpc) is 2.69. The van der Waals surface area contributed by atoms with E-state index in [-0.39, 0.29) is 11.8 Å². The first-order valence-electron chi connectivity index (χ1n) is 9.06. The standard InChI is InChI=1S/C21H22F2N4O/c1-3-14(2)24-21-26-18(15-7-5-4-6-8-15)13-19(27-21)25-16-9-11-17(12-10-16)28-20(22)23/h4-14,20H,3H2,1-2H3,(H2,24,25,26,27)/t14-/m0/s1. The maximum absolute atomic E-state index is 12.3. The third-order valence-electron chi connectivity index (χ3n) is 4.14. The van der Waals surface area contributed by atoms with Gasteiger partial charge in [0.2, 0.25) is 5.95 Å². The Hall–Kier alpha value is -3.22. The van der Waals surface area contributed by atoms with Crippen LogP contribution in [0.2, 0.25) is 0 Å². The number of benzene rings is 2. The third-order valence-corrected chi connectivity index (χ3v) is 4.14. The number of nitrogens with one attached hydrogen (secondary N) is 2. The molecule has 1 heterocycles. The van der Waals surface area contributed by atoms with Gasteiger partial charge in [-0.1, -0.05) is 37.3 Å². The Kier molecular flexibility index (Phi) is 6.37. The van der Waals surface area contributed by atoms with Gasteiger partial charge in [-0.3, -0.25) is 0 Å². The van der Waals surface area contributed by atoms with Gasteiger partial charge in [0.15, 0.2) is 0 Å². The summed E-state index contributed by atoms with van der Waals surface area (Å²) in [5, 5.41) is 6.49. The van der Waals surface area contributed by atoms with Gasteiger partial charge in [-0.15, -0.1) is 0 Å². The van der Waals surface area contributed by atoms with E-state index >= 15 is 0 Å². The second-order valence-electron chi connectivity index (χ2n) is 6.31. The van der Waals surface area contributed by atoms with E-state index in [2.05, 4.69) is 39.2 Å². The molecule has 5 nitrogen and oxygen atoms in total. The Morgan fingerprint density at radius 3 is 2.36 bits per heavy atom. The fourth-order valence-corrected chi connectivity index (χ4v) is 2.52. The van der Waals surface area contributed by atoms with Crippen molar-refractivity contribution < 1.29 is 13.5 Å². The summed E-state index contributed by atoms with van der Waals surface area (Å²) in [5.74, 6) is 1.23. The zero-order chi connectivity index (χ0) is 19.9.